The van der Waals surface area contributed by atoms with Gasteiger partial charge in [-0.2, -0.15) is 0 Å². The van der Waals surface area contributed by atoms with E-state index in [0.717, 1.165) is 51.5 Å². The lowest BCUT2D eigenvalue weighted by atomic mass is 10.2. The van der Waals surface area contributed by atoms with Crippen molar-refractivity contribution >= 4 is 54.9 Å². The zero-order valence-corrected chi connectivity index (χ0v) is 19.4. The monoisotopic (exact) mass is 473 g/mol. The zero-order chi connectivity index (χ0) is 21.4. The first-order chi connectivity index (χ1) is 15.0. The summed E-state index contributed by atoms with van der Waals surface area (Å²) in [5.41, 5.74) is 2.68. The summed E-state index contributed by atoms with van der Waals surface area (Å²) in [6.45, 7) is 0.578. The summed E-state index contributed by atoms with van der Waals surface area (Å²) < 4.78 is 30.3. The van der Waals surface area contributed by atoms with Crippen molar-refractivity contribution in [2.75, 3.05) is 17.2 Å². The number of thioether (sulfide) groups is 1. The minimum absolute atomic E-state index is 0.0164. The molecule has 1 aromatic heterocycles. The lowest BCUT2D eigenvalue weighted by molar-refractivity contribution is -0.116. The van der Waals surface area contributed by atoms with Crippen LogP contribution in [0, 0.1) is 0 Å². The number of aromatic nitrogens is 1. The van der Waals surface area contributed by atoms with Crippen LogP contribution in [0.3, 0.4) is 0 Å². The normalized spacial score (nSPS) is 16.8. The molecule has 0 saturated heterocycles. The summed E-state index contributed by atoms with van der Waals surface area (Å²) >= 11 is 3.04. The highest BCUT2D eigenvalue weighted by Gasteiger charge is 2.28. The van der Waals surface area contributed by atoms with Crippen molar-refractivity contribution in [2.24, 2.45) is 0 Å². The van der Waals surface area contributed by atoms with E-state index in [1.54, 1.807) is 34.4 Å². The smallest absolute Gasteiger partial charge is 0.240 e. The molecule has 2 aromatic carbocycles. The van der Waals surface area contributed by atoms with Crippen LogP contribution in [0.4, 0.5) is 5.69 Å². The van der Waals surface area contributed by atoms with Gasteiger partial charge in [-0.1, -0.05) is 36.7 Å². The molecule has 2 heterocycles. The van der Waals surface area contributed by atoms with E-state index in [9.17, 15) is 13.2 Å². The Hall–Kier alpha value is -1.94. The molecule has 1 N–H and O–H groups in total. The Bertz CT molecular complexity index is 1200. The number of anilines is 1. The molecule has 1 aliphatic heterocycles. The summed E-state index contributed by atoms with van der Waals surface area (Å²) in [5, 5.41) is 0. The van der Waals surface area contributed by atoms with Gasteiger partial charge in [0.25, 0.3) is 0 Å². The van der Waals surface area contributed by atoms with E-state index in [4.69, 9.17) is 0 Å². The van der Waals surface area contributed by atoms with Gasteiger partial charge in [0.05, 0.1) is 20.9 Å². The number of sulfonamides is 1. The zero-order valence-electron chi connectivity index (χ0n) is 16.9. The molecule has 1 amide bonds. The maximum absolute atomic E-state index is 12.9. The SMILES string of the molecule is O=C(CSc1nc2ccccc2s1)N1CCc2cc(S(=O)(=O)NC3CCCC3)ccc21. The molecule has 0 bridgehead atoms. The van der Waals surface area contributed by atoms with Gasteiger partial charge in [0.2, 0.25) is 15.9 Å². The summed E-state index contributed by atoms with van der Waals surface area (Å²) in [7, 11) is -3.53. The Balaban J connectivity index is 1.27. The molecule has 6 nitrogen and oxygen atoms in total. The second kappa shape index (κ2) is 8.54. The number of thiazole rings is 1. The number of hydrogen-bond acceptors (Lipinski definition) is 6. The highest BCUT2D eigenvalue weighted by molar-refractivity contribution is 8.01. The molecule has 1 aliphatic carbocycles. The van der Waals surface area contributed by atoms with Gasteiger partial charge in [0.15, 0.2) is 4.34 Å². The van der Waals surface area contributed by atoms with Crippen molar-refractivity contribution in [3.8, 4) is 0 Å². The van der Waals surface area contributed by atoms with Crippen molar-refractivity contribution in [3.05, 3.63) is 48.0 Å². The van der Waals surface area contributed by atoms with Gasteiger partial charge in [0, 0.05) is 18.3 Å². The number of fused-ring (bicyclic) bond motifs is 2. The van der Waals surface area contributed by atoms with Crippen LogP contribution < -0.4 is 9.62 Å². The Labute approximate surface area is 190 Å². The number of para-hydroxylation sites is 1. The van der Waals surface area contributed by atoms with Gasteiger partial charge in [-0.3, -0.25) is 4.79 Å². The van der Waals surface area contributed by atoms with Crippen LogP contribution in [0.15, 0.2) is 51.7 Å². The van der Waals surface area contributed by atoms with Gasteiger partial charge < -0.3 is 4.90 Å². The first kappa shape index (κ1) is 20.9. The average Bonchev–Trinajstić information content (AvgIpc) is 3.50. The van der Waals surface area contributed by atoms with Crippen LogP contribution in [0.25, 0.3) is 10.2 Å². The third-order valence-corrected chi connectivity index (χ3v) is 9.51. The minimum atomic E-state index is -3.53. The van der Waals surface area contributed by atoms with Crippen molar-refractivity contribution in [1.82, 2.24) is 9.71 Å². The molecule has 0 atom stereocenters. The largest absolute Gasteiger partial charge is 0.311 e. The van der Waals surface area contributed by atoms with Gasteiger partial charge in [-0.15, -0.1) is 11.3 Å². The Morgan fingerprint density at radius 3 is 2.81 bits per heavy atom. The molecule has 1 fully saturated rings. The van der Waals surface area contributed by atoms with Gasteiger partial charge >= 0.3 is 0 Å². The van der Waals surface area contributed by atoms with E-state index >= 15 is 0 Å². The Kier molecular flexibility index (Phi) is 5.76. The van der Waals surface area contributed by atoms with Gasteiger partial charge in [-0.05, 0) is 55.2 Å². The Morgan fingerprint density at radius 1 is 1.19 bits per heavy atom. The molecule has 1 saturated carbocycles. The molecular weight excluding hydrogens is 450 g/mol. The highest BCUT2D eigenvalue weighted by atomic mass is 32.2. The summed E-state index contributed by atoms with van der Waals surface area (Å²) in [4.78, 5) is 19.5. The molecule has 31 heavy (non-hydrogen) atoms. The van der Waals surface area contributed by atoms with E-state index in [1.165, 1.54) is 11.8 Å². The fourth-order valence-corrected chi connectivity index (χ4v) is 7.55. The predicted octanol–water partition coefficient (Wildman–Crippen LogP) is 4.20. The van der Waals surface area contributed by atoms with E-state index < -0.39 is 10.0 Å². The number of nitrogens with one attached hydrogen (secondary N) is 1. The number of nitrogens with zero attached hydrogens (tertiary/aromatic N) is 2. The van der Waals surface area contributed by atoms with E-state index in [-0.39, 0.29) is 16.8 Å². The van der Waals surface area contributed by atoms with Crippen LogP contribution in [0.2, 0.25) is 0 Å². The summed E-state index contributed by atoms with van der Waals surface area (Å²) in [5.74, 6) is 0.324. The van der Waals surface area contributed by atoms with E-state index in [1.807, 2.05) is 24.3 Å². The number of carbonyl (C=O) groups excluding carboxylic acids is 1. The topological polar surface area (TPSA) is 79.4 Å². The first-order valence-electron chi connectivity index (χ1n) is 10.4. The van der Waals surface area contributed by atoms with Crippen molar-refractivity contribution in [1.29, 1.82) is 0 Å². The molecule has 0 radical (unpaired) electrons. The number of amides is 1. The lowest BCUT2D eigenvalue weighted by Gasteiger charge is -2.17. The summed E-state index contributed by atoms with van der Waals surface area (Å²) in [6, 6.07) is 13.1. The fraction of sp³-hybridized carbons (Fsp3) is 0.364. The standard InChI is InChI=1S/C22H23N3O3S3/c26-21(14-29-22-23-18-7-3-4-8-20(18)30-22)25-12-11-15-13-17(9-10-19(15)25)31(27,28)24-16-5-1-2-6-16/h3-4,7-10,13,16,24H,1-2,5-6,11-12,14H2. The van der Waals surface area contributed by atoms with Gasteiger partial charge in [-0.25, -0.2) is 18.1 Å². The predicted molar refractivity (Wildman–Crippen MR) is 125 cm³/mol. The first-order valence-corrected chi connectivity index (χ1v) is 13.7. The Morgan fingerprint density at radius 2 is 2.00 bits per heavy atom. The maximum atomic E-state index is 12.9. The third kappa shape index (κ3) is 4.37. The number of carbonyl (C=O) groups is 1. The number of rotatable bonds is 6. The molecule has 3 aromatic rings. The van der Waals surface area contributed by atoms with Crippen molar-refractivity contribution in [3.63, 3.8) is 0 Å². The van der Waals surface area contributed by atoms with Crippen LogP contribution in [-0.2, 0) is 21.2 Å². The highest BCUT2D eigenvalue weighted by Crippen LogP contribution is 2.33. The van der Waals surface area contributed by atoms with Crippen LogP contribution >= 0.6 is 23.1 Å². The van der Waals surface area contributed by atoms with Crippen molar-refractivity contribution in [2.45, 2.75) is 47.4 Å². The number of hydrogen-bond donors (Lipinski definition) is 1. The lowest BCUT2D eigenvalue weighted by Crippen LogP contribution is -2.32. The third-order valence-electron chi connectivity index (χ3n) is 5.83. The minimum Gasteiger partial charge on any atom is -0.311 e. The van der Waals surface area contributed by atoms with Crippen LogP contribution in [-0.4, -0.2) is 37.6 Å². The maximum Gasteiger partial charge on any atom is 0.240 e. The molecule has 0 spiro atoms. The average molecular weight is 474 g/mol. The molecule has 9 heteroatoms. The second-order valence-corrected chi connectivity index (χ2v) is 11.9. The fourth-order valence-electron chi connectivity index (χ4n) is 4.25. The van der Waals surface area contributed by atoms with Gasteiger partial charge in [0.1, 0.15) is 0 Å². The number of benzene rings is 2. The van der Waals surface area contributed by atoms with E-state index in [2.05, 4.69) is 9.71 Å². The van der Waals surface area contributed by atoms with Crippen LogP contribution in [0.1, 0.15) is 31.2 Å². The quantitative estimate of drug-likeness (QED) is 0.543. The second-order valence-electron chi connectivity index (χ2n) is 7.92. The molecular formula is C22H23N3O3S3. The molecule has 0 unspecified atom stereocenters. The molecule has 2 aliphatic rings. The summed E-state index contributed by atoms with van der Waals surface area (Å²) in [6.07, 6.45) is 4.62. The van der Waals surface area contributed by atoms with Crippen molar-refractivity contribution < 1.29 is 13.2 Å². The molecule has 5 rings (SSSR count). The van der Waals surface area contributed by atoms with E-state index in [0.29, 0.717) is 18.7 Å². The van der Waals surface area contributed by atoms with Crippen LogP contribution in [0.5, 0.6) is 0 Å². The molecule has 162 valence electrons.